The fourth-order valence-electron chi connectivity index (χ4n) is 1.41. The number of anilines is 1. The summed E-state index contributed by atoms with van der Waals surface area (Å²) in [5.41, 5.74) is 0.358. The maximum absolute atomic E-state index is 13.5. The molecule has 0 saturated carbocycles. The quantitative estimate of drug-likeness (QED) is 0.875. The lowest BCUT2D eigenvalue weighted by atomic mass is 10.2. The highest BCUT2D eigenvalue weighted by atomic mass is 79.9. The van der Waals surface area contributed by atoms with Crippen LogP contribution in [-0.4, -0.2) is 17.1 Å². The van der Waals surface area contributed by atoms with Crippen molar-refractivity contribution in [3.8, 4) is 5.88 Å². The monoisotopic (exact) mass is 329 g/mol. The van der Waals surface area contributed by atoms with Gasteiger partial charge >= 0.3 is 0 Å². The van der Waals surface area contributed by atoms with Gasteiger partial charge in [-0.2, -0.15) is 4.39 Å². The number of hydrogen-bond donors (Lipinski definition) is 1. The number of halogens is 3. The minimum absolute atomic E-state index is 0.152. The van der Waals surface area contributed by atoms with Crippen LogP contribution in [0.25, 0.3) is 0 Å². The third-order valence-corrected chi connectivity index (χ3v) is 2.97. The van der Waals surface area contributed by atoms with Gasteiger partial charge in [0.15, 0.2) is 0 Å². The van der Waals surface area contributed by atoms with E-state index in [1.807, 2.05) is 0 Å². The number of aromatic nitrogens is 2. The summed E-state index contributed by atoms with van der Waals surface area (Å²) < 4.78 is 31.9. The van der Waals surface area contributed by atoms with Crippen LogP contribution in [-0.2, 0) is 6.54 Å². The third kappa shape index (κ3) is 3.37. The molecule has 0 fully saturated rings. The second-order valence-corrected chi connectivity index (χ2v) is 4.50. The van der Waals surface area contributed by atoms with Crippen LogP contribution in [0.5, 0.6) is 5.88 Å². The standard InChI is InChI=1S/C12H10BrF2N3O/c1-19-11-4-7(9(14)6-17-11)5-16-10-3-2-8(13)12(15)18-10/h2-4,6H,5H2,1H3,(H,16,18). The second kappa shape index (κ2) is 5.92. The Morgan fingerprint density at radius 1 is 1.37 bits per heavy atom. The van der Waals surface area contributed by atoms with Gasteiger partial charge in [-0.1, -0.05) is 0 Å². The molecule has 7 heteroatoms. The summed E-state index contributed by atoms with van der Waals surface area (Å²) in [6, 6.07) is 4.58. The maximum Gasteiger partial charge on any atom is 0.229 e. The van der Waals surface area contributed by atoms with E-state index in [-0.39, 0.29) is 11.0 Å². The molecule has 0 aromatic carbocycles. The zero-order chi connectivity index (χ0) is 13.8. The first-order valence-corrected chi connectivity index (χ1v) is 6.14. The van der Waals surface area contributed by atoms with Crippen LogP contribution in [0.3, 0.4) is 0 Å². The Kier molecular flexibility index (Phi) is 4.26. The molecule has 2 heterocycles. The fourth-order valence-corrected chi connectivity index (χ4v) is 1.63. The van der Waals surface area contributed by atoms with E-state index in [0.29, 0.717) is 17.3 Å². The van der Waals surface area contributed by atoms with E-state index in [4.69, 9.17) is 4.74 Å². The molecule has 2 aromatic heterocycles. The number of hydrogen-bond acceptors (Lipinski definition) is 4. The van der Waals surface area contributed by atoms with Gasteiger partial charge in [0.05, 0.1) is 17.8 Å². The van der Waals surface area contributed by atoms with Gasteiger partial charge in [-0.3, -0.25) is 0 Å². The van der Waals surface area contributed by atoms with Gasteiger partial charge in [0.2, 0.25) is 11.8 Å². The van der Waals surface area contributed by atoms with Crippen molar-refractivity contribution in [3.05, 3.63) is 46.2 Å². The lowest BCUT2D eigenvalue weighted by Crippen LogP contribution is -2.05. The predicted octanol–water partition coefficient (Wildman–Crippen LogP) is 3.14. The van der Waals surface area contributed by atoms with Crippen molar-refractivity contribution in [1.82, 2.24) is 9.97 Å². The molecule has 0 spiro atoms. The SMILES string of the molecule is COc1cc(CNc2ccc(Br)c(F)n2)c(F)cn1. The largest absolute Gasteiger partial charge is 0.481 e. The summed E-state index contributed by atoms with van der Waals surface area (Å²) in [4.78, 5) is 7.40. The van der Waals surface area contributed by atoms with Crippen LogP contribution in [0, 0.1) is 11.8 Å². The first kappa shape index (κ1) is 13.7. The highest BCUT2D eigenvalue weighted by molar-refractivity contribution is 9.10. The smallest absolute Gasteiger partial charge is 0.229 e. The molecule has 2 aromatic rings. The highest BCUT2D eigenvalue weighted by Gasteiger charge is 2.07. The molecule has 19 heavy (non-hydrogen) atoms. The van der Waals surface area contributed by atoms with Crippen molar-refractivity contribution in [3.63, 3.8) is 0 Å². The molecule has 0 unspecified atom stereocenters. The number of methoxy groups -OCH3 is 1. The van der Waals surface area contributed by atoms with Gasteiger partial charge < -0.3 is 10.1 Å². The Morgan fingerprint density at radius 3 is 2.84 bits per heavy atom. The second-order valence-electron chi connectivity index (χ2n) is 3.64. The zero-order valence-electron chi connectivity index (χ0n) is 9.95. The van der Waals surface area contributed by atoms with E-state index in [2.05, 4.69) is 31.2 Å². The van der Waals surface area contributed by atoms with Crippen molar-refractivity contribution in [2.75, 3.05) is 12.4 Å². The number of nitrogens with one attached hydrogen (secondary N) is 1. The zero-order valence-corrected chi connectivity index (χ0v) is 11.5. The first-order valence-electron chi connectivity index (χ1n) is 5.34. The minimum Gasteiger partial charge on any atom is -0.481 e. The van der Waals surface area contributed by atoms with E-state index < -0.39 is 11.8 Å². The number of nitrogens with zero attached hydrogens (tertiary/aromatic N) is 2. The Hall–Kier alpha value is -1.76. The number of rotatable bonds is 4. The molecule has 0 radical (unpaired) electrons. The Labute approximate surface area is 117 Å². The first-order chi connectivity index (χ1) is 9.10. The Bertz CT molecular complexity index is 595. The van der Waals surface area contributed by atoms with Gasteiger partial charge in [-0.15, -0.1) is 0 Å². The summed E-state index contributed by atoms with van der Waals surface area (Å²) in [7, 11) is 1.45. The topological polar surface area (TPSA) is 47.0 Å². The average Bonchev–Trinajstić information content (AvgIpc) is 2.41. The average molecular weight is 330 g/mol. The van der Waals surface area contributed by atoms with Crippen molar-refractivity contribution in [1.29, 1.82) is 0 Å². The van der Waals surface area contributed by atoms with Crippen LogP contribution >= 0.6 is 15.9 Å². The molecule has 2 rings (SSSR count). The van der Waals surface area contributed by atoms with E-state index in [1.165, 1.54) is 19.2 Å². The van der Waals surface area contributed by atoms with Gasteiger partial charge in [0, 0.05) is 18.2 Å². The van der Waals surface area contributed by atoms with E-state index >= 15 is 0 Å². The van der Waals surface area contributed by atoms with Gasteiger partial charge in [0.25, 0.3) is 0 Å². The molecule has 0 saturated heterocycles. The van der Waals surface area contributed by atoms with Crippen molar-refractivity contribution in [2.24, 2.45) is 0 Å². The lowest BCUT2D eigenvalue weighted by Gasteiger charge is -2.08. The summed E-state index contributed by atoms with van der Waals surface area (Å²) in [5.74, 6) is -0.465. The van der Waals surface area contributed by atoms with Gasteiger partial charge in [0.1, 0.15) is 11.6 Å². The molecule has 100 valence electrons. The normalized spacial score (nSPS) is 10.3. The van der Waals surface area contributed by atoms with Crippen molar-refractivity contribution >= 4 is 21.7 Å². The number of pyridine rings is 2. The number of ether oxygens (including phenoxy) is 1. The fraction of sp³-hybridized carbons (Fsp3) is 0.167. The molecular weight excluding hydrogens is 320 g/mol. The molecule has 0 aliphatic rings. The maximum atomic E-state index is 13.5. The Balaban J connectivity index is 2.11. The minimum atomic E-state index is -0.627. The molecule has 1 N–H and O–H groups in total. The molecule has 4 nitrogen and oxygen atoms in total. The van der Waals surface area contributed by atoms with Crippen LogP contribution in [0.2, 0.25) is 0 Å². The van der Waals surface area contributed by atoms with Crippen LogP contribution in [0.4, 0.5) is 14.6 Å². The molecule has 0 aliphatic carbocycles. The van der Waals surface area contributed by atoms with Crippen molar-refractivity contribution < 1.29 is 13.5 Å². The van der Waals surface area contributed by atoms with Crippen LogP contribution < -0.4 is 10.1 Å². The van der Waals surface area contributed by atoms with E-state index in [0.717, 1.165) is 6.20 Å². The molecular formula is C12H10BrF2N3O. The molecule has 0 atom stereocenters. The molecule has 0 aliphatic heterocycles. The van der Waals surface area contributed by atoms with Crippen LogP contribution in [0.15, 0.2) is 28.9 Å². The molecule has 0 amide bonds. The summed E-state index contributed by atoms with van der Waals surface area (Å²) in [6.07, 6.45) is 1.07. The summed E-state index contributed by atoms with van der Waals surface area (Å²) in [6.45, 7) is 0.152. The predicted molar refractivity (Wildman–Crippen MR) is 70.0 cm³/mol. The van der Waals surface area contributed by atoms with Crippen molar-refractivity contribution in [2.45, 2.75) is 6.54 Å². The van der Waals surface area contributed by atoms with Gasteiger partial charge in [-0.25, -0.2) is 14.4 Å². The molecule has 0 bridgehead atoms. The van der Waals surface area contributed by atoms with E-state index in [9.17, 15) is 8.78 Å². The Morgan fingerprint density at radius 2 is 2.16 bits per heavy atom. The summed E-state index contributed by atoms with van der Waals surface area (Å²) in [5, 5.41) is 2.83. The van der Waals surface area contributed by atoms with E-state index in [1.54, 1.807) is 6.07 Å². The third-order valence-electron chi connectivity index (χ3n) is 2.38. The summed E-state index contributed by atoms with van der Waals surface area (Å²) >= 11 is 3.01. The lowest BCUT2D eigenvalue weighted by molar-refractivity contribution is 0.395. The van der Waals surface area contributed by atoms with Crippen LogP contribution in [0.1, 0.15) is 5.56 Å². The van der Waals surface area contributed by atoms with Gasteiger partial charge in [-0.05, 0) is 28.1 Å². The highest BCUT2D eigenvalue weighted by Crippen LogP contribution is 2.18.